The van der Waals surface area contributed by atoms with E-state index in [-0.39, 0.29) is 5.91 Å². The normalized spacial score (nSPS) is 15.7. The third-order valence-electron chi connectivity index (χ3n) is 3.17. The number of aryl methyl sites for hydroxylation is 1. The number of carbonyl (C=O) groups excluding carboxylic acids is 1. The van der Waals surface area contributed by atoms with Gasteiger partial charge in [-0.05, 0) is 53.7 Å². The van der Waals surface area contributed by atoms with Crippen molar-refractivity contribution >= 4 is 44.8 Å². The Hall–Kier alpha value is -0.0600. The van der Waals surface area contributed by atoms with Crippen molar-refractivity contribution in [2.45, 2.75) is 32.2 Å². The van der Waals surface area contributed by atoms with Crippen LogP contribution in [0.4, 0.5) is 0 Å². The van der Waals surface area contributed by atoms with E-state index >= 15 is 0 Å². The van der Waals surface area contributed by atoms with Crippen molar-refractivity contribution in [2.24, 2.45) is 0 Å². The molecule has 5 heteroatoms. The largest absolute Gasteiger partial charge is 0.334 e. The van der Waals surface area contributed by atoms with E-state index in [0.29, 0.717) is 18.5 Å². The summed E-state index contributed by atoms with van der Waals surface area (Å²) in [4.78, 5) is 15.1. The Bertz CT molecular complexity index is 397. The van der Waals surface area contributed by atoms with Gasteiger partial charge in [0.05, 0.1) is 8.66 Å². The molecule has 2 nitrogen and oxygen atoms in total. The molecular formula is C12H15BrClNOS. The molecular weight excluding hydrogens is 322 g/mol. The number of rotatable bonds is 4. The predicted octanol–water partition coefficient (Wildman–Crippen LogP) is 4.05. The van der Waals surface area contributed by atoms with Crippen LogP contribution in [0.5, 0.6) is 0 Å². The van der Waals surface area contributed by atoms with E-state index in [1.165, 1.54) is 17.8 Å². The molecule has 0 unspecified atom stereocenters. The summed E-state index contributed by atoms with van der Waals surface area (Å²) in [6.07, 6.45) is 3.46. The Morgan fingerprint density at radius 1 is 1.65 bits per heavy atom. The van der Waals surface area contributed by atoms with Gasteiger partial charge < -0.3 is 4.90 Å². The highest BCUT2D eigenvalue weighted by molar-refractivity contribution is 9.11. The van der Waals surface area contributed by atoms with Gasteiger partial charge in [-0.1, -0.05) is 0 Å². The van der Waals surface area contributed by atoms with Crippen molar-refractivity contribution < 1.29 is 4.79 Å². The maximum Gasteiger partial charge on any atom is 0.264 e. The first-order valence-corrected chi connectivity index (χ1v) is 7.90. The second-order valence-electron chi connectivity index (χ2n) is 4.34. The van der Waals surface area contributed by atoms with Gasteiger partial charge in [0.1, 0.15) is 0 Å². The molecule has 0 spiro atoms. The van der Waals surface area contributed by atoms with Crippen LogP contribution in [0.15, 0.2) is 9.85 Å². The second-order valence-corrected chi connectivity index (χ2v) is 7.09. The molecule has 1 aliphatic carbocycles. The minimum atomic E-state index is 0.133. The standard InChI is InChI=1S/C12H15BrClNOS/c1-8-7-10(17-11(8)13)12(16)15(6-5-14)9-3-2-4-9/h7,9H,2-6H2,1H3. The molecule has 0 saturated heterocycles. The van der Waals surface area contributed by atoms with Crippen molar-refractivity contribution in [3.05, 3.63) is 20.3 Å². The summed E-state index contributed by atoms with van der Waals surface area (Å²) < 4.78 is 1.04. The Labute approximate surface area is 119 Å². The van der Waals surface area contributed by atoms with Gasteiger partial charge in [-0.3, -0.25) is 4.79 Å². The fourth-order valence-electron chi connectivity index (χ4n) is 1.95. The minimum Gasteiger partial charge on any atom is -0.334 e. The zero-order valence-corrected chi connectivity index (χ0v) is 12.9. The van der Waals surface area contributed by atoms with Gasteiger partial charge in [-0.25, -0.2) is 0 Å². The van der Waals surface area contributed by atoms with E-state index in [0.717, 1.165) is 27.1 Å². The minimum absolute atomic E-state index is 0.133. The van der Waals surface area contributed by atoms with Crippen LogP contribution in [0.25, 0.3) is 0 Å². The lowest BCUT2D eigenvalue weighted by Crippen LogP contribution is -2.45. The number of amides is 1. The van der Waals surface area contributed by atoms with Crippen LogP contribution in [0.1, 0.15) is 34.5 Å². The van der Waals surface area contributed by atoms with Crippen molar-refractivity contribution in [3.63, 3.8) is 0 Å². The van der Waals surface area contributed by atoms with Crippen LogP contribution in [0.3, 0.4) is 0 Å². The lowest BCUT2D eigenvalue weighted by atomic mass is 9.91. The zero-order valence-electron chi connectivity index (χ0n) is 9.71. The van der Waals surface area contributed by atoms with Crippen molar-refractivity contribution in [1.29, 1.82) is 0 Å². The van der Waals surface area contributed by atoms with Crippen LogP contribution >= 0.6 is 38.9 Å². The number of nitrogens with zero attached hydrogens (tertiary/aromatic N) is 1. The molecule has 1 saturated carbocycles. The monoisotopic (exact) mass is 335 g/mol. The van der Waals surface area contributed by atoms with Crippen LogP contribution in [-0.2, 0) is 0 Å². The molecule has 1 fully saturated rings. The number of thiophene rings is 1. The zero-order chi connectivity index (χ0) is 12.4. The second kappa shape index (κ2) is 5.72. The first kappa shape index (κ1) is 13.4. The molecule has 0 atom stereocenters. The van der Waals surface area contributed by atoms with Gasteiger partial charge >= 0.3 is 0 Å². The highest BCUT2D eigenvalue weighted by Gasteiger charge is 2.29. The Morgan fingerprint density at radius 3 is 2.76 bits per heavy atom. The summed E-state index contributed by atoms with van der Waals surface area (Å²) in [5.74, 6) is 0.641. The molecule has 1 amide bonds. The highest BCUT2D eigenvalue weighted by atomic mass is 79.9. The lowest BCUT2D eigenvalue weighted by Gasteiger charge is -2.37. The molecule has 0 bridgehead atoms. The summed E-state index contributed by atoms with van der Waals surface area (Å²) in [6.45, 7) is 2.66. The Balaban J connectivity index is 2.14. The third kappa shape index (κ3) is 2.85. The molecule has 1 aromatic rings. The van der Waals surface area contributed by atoms with Gasteiger partial charge in [0.2, 0.25) is 0 Å². The van der Waals surface area contributed by atoms with E-state index in [9.17, 15) is 4.79 Å². The number of halogens is 2. The Morgan fingerprint density at radius 2 is 2.35 bits per heavy atom. The van der Waals surface area contributed by atoms with Crippen molar-refractivity contribution in [3.8, 4) is 0 Å². The maximum absolute atomic E-state index is 12.4. The third-order valence-corrected chi connectivity index (χ3v) is 5.46. The molecule has 2 rings (SSSR count). The van der Waals surface area contributed by atoms with Crippen LogP contribution in [-0.4, -0.2) is 29.3 Å². The number of hydrogen-bond donors (Lipinski definition) is 0. The van der Waals surface area contributed by atoms with E-state index in [1.807, 2.05) is 17.9 Å². The summed E-state index contributed by atoms with van der Waals surface area (Å²) in [5.41, 5.74) is 1.12. The average molecular weight is 337 g/mol. The van der Waals surface area contributed by atoms with Gasteiger partial charge in [-0.2, -0.15) is 0 Å². The van der Waals surface area contributed by atoms with Gasteiger partial charge in [-0.15, -0.1) is 22.9 Å². The van der Waals surface area contributed by atoms with E-state index in [4.69, 9.17) is 11.6 Å². The predicted molar refractivity (Wildman–Crippen MR) is 76.2 cm³/mol. The smallest absolute Gasteiger partial charge is 0.264 e. The molecule has 94 valence electrons. The first-order chi connectivity index (χ1) is 8.13. The van der Waals surface area contributed by atoms with E-state index in [2.05, 4.69) is 15.9 Å². The highest BCUT2D eigenvalue weighted by Crippen LogP contribution is 2.31. The molecule has 1 aromatic heterocycles. The molecule has 0 aliphatic heterocycles. The number of carbonyl (C=O) groups is 1. The van der Waals surface area contributed by atoms with Crippen molar-refractivity contribution in [1.82, 2.24) is 4.90 Å². The lowest BCUT2D eigenvalue weighted by molar-refractivity contribution is 0.0603. The average Bonchev–Trinajstić information content (AvgIpc) is 2.55. The summed E-state index contributed by atoms with van der Waals surface area (Å²) >= 11 is 10.8. The van der Waals surface area contributed by atoms with Gasteiger partial charge in [0, 0.05) is 18.5 Å². The van der Waals surface area contributed by atoms with Gasteiger partial charge in [0.15, 0.2) is 0 Å². The Kier molecular flexibility index (Phi) is 4.50. The SMILES string of the molecule is Cc1cc(C(=O)N(CCCl)C2CCC2)sc1Br. The summed E-state index contributed by atoms with van der Waals surface area (Å²) in [6, 6.07) is 2.36. The van der Waals surface area contributed by atoms with E-state index in [1.54, 1.807) is 0 Å². The summed E-state index contributed by atoms with van der Waals surface area (Å²) in [5, 5.41) is 0. The number of alkyl halides is 1. The quantitative estimate of drug-likeness (QED) is 0.760. The van der Waals surface area contributed by atoms with Crippen LogP contribution in [0.2, 0.25) is 0 Å². The molecule has 0 radical (unpaired) electrons. The van der Waals surface area contributed by atoms with Crippen LogP contribution < -0.4 is 0 Å². The topological polar surface area (TPSA) is 20.3 Å². The molecule has 0 N–H and O–H groups in total. The molecule has 0 aromatic carbocycles. The molecule has 17 heavy (non-hydrogen) atoms. The molecule has 1 heterocycles. The van der Waals surface area contributed by atoms with E-state index < -0.39 is 0 Å². The first-order valence-electron chi connectivity index (χ1n) is 5.76. The fourth-order valence-corrected chi connectivity index (χ4v) is 3.62. The van der Waals surface area contributed by atoms with Crippen molar-refractivity contribution in [2.75, 3.05) is 12.4 Å². The summed E-state index contributed by atoms with van der Waals surface area (Å²) in [7, 11) is 0. The molecule has 1 aliphatic rings. The van der Waals surface area contributed by atoms with Crippen LogP contribution in [0, 0.1) is 6.92 Å². The fraction of sp³-hybridized carbons (Fsp3) is 0.583. The maximum atomic E-state index is 12.4. The number of hydrogen-bond acceptors (Lipinski definition) is 2. The van der Waals surface area contributed by atoms with Gasteiger partial charge in [0.25, 0.3) is 5.91 Å².